The number of fused-ring (bicyclic) bond motifs is 1. The normalized spacial score (nSPS) is 20.4. The number of rotatable bonds is 6. The summed E-state index contributed by atoms with van der Waals surface area (Å²) in [5.41, 5.74) is 2.66. The Morgan fingerprint density at radius 1 is 1.12 bits per heavy atom. The molecule has 1 aromatic carbocycles. The number of halogens is 1. The van der Waals surface area contributed by atoms with E-state index in [1.165, 1.54) is 41.4 Å². The van der Waals surface area contributed by atoms with Gasteiger partial charge in [0.15, 0.2) is 0 Å². The van der Waals surface area contributed by atoms with Crippen molar-refractivity contribution < 1.29 is 23.5 Å². The number of aryl methyl sites for hydroxylation is 1. The Bertz CT molecular complexity index is 1400. The van der Waals surface area contributed by atoms with E-state index in [0.717, 1.165) is 56.8 Å². The minimum absolute atomic E-state index is 0.120. The van der Waals surface area contributed by atoms with E-state index in [2.05, 4.69) is 26.3 Å². The predicted molar refractivity (Wildman–Crippen MR) is 146 cm³/mol. The summed E-state index contributed by atoms with van der Waals surface area (Å²) in [6.07, 6.45) is 6.64. The zero-order chi connectivity index (χ0) is 27.7. The lowest BCUT2D eigenvalue weighted by Crippen LogP contribution is -2.57. The van der Waals surface area contributed by atoms with Gasteiger partial charge in [0.05, 0.1) is 0 Å². The van der Waals surface area contributed by atoms with E-state index in [4.69, 9.17) is 9.47 Å². The van der Waals surface area contributed by atoms with Crippen LogP contribution in [0.1, 0.15) is 40.9 Å². The van der Waals surface area contributed by atoms with Crippen molar-refractivity contribution in [3.63, 3.8) is 0 Å². The Morgan fingerprint density at radius 3 is 2.67 bits per heavy atom. The Kier molecular flexibility index (Phi) is 7.20. The molecule has 1 spiro atoms. The molecule has 6 rings (SSSR count). The number of benzene rings is 1. The van der Waals surface area contributed by atoms with E-state index in [1.807, 2.05) is 6.20 Å². The van der Waals surface area contributed by atoms with E-state index in [9.17, 15) is 14.0 Å². The second kappa shape index (κ2) is 10.9. The number of hydrogen-bond acceptors (Lipinski definition) is 7. The van der Waals surface area contributed by atoms with Gasteiger partial charge in [-0.2, -0.15) is 0 Å². The van der Waals surface area contributed by atoms with Crippen molar-refractivity contribution in [1.82, 2.24) is 20.2 Å². The number of likely N-dealkylation sites (tertiary alicyclic amines) is 1. The van der Waals surface area contributed by atoms with Crippen molar-refractivity contribution in [2.24, 2.45) is 5.41 Å². The third-order valence-electron chi connectivity index (χ3n) is 8.04. The van der Waals surface area contributed by atoms with Crippen LogP contribution < -0.4 is 15.0 Å². The average molecular weight is 546 g/mol. The first kappa shape index (κ1) is 26.3. The zero-order valence-electron chi connectivity index (χ0n) is 22.4. The number of carbonyl (C=O) groups is 2. The minimum Gasteiger partial charge on any atom is -0.457 e. The minimum atomic E-state index is -0.720. The molecular formula is C30H32FN5O4. The summed E-state index contributed by atoms with van der Waals surface area (Å²) in [4.78, 5) is 39.1. The second-order valence-electron chi connectivity index (χ2n) is 11.0. The number of likely N-dealkylation sites (N-methyl/N-ethyl adjacent to an activating group) is 1. The van der Waals surface area contributed by atoms with Gasteiger partial charge in [-0.15, -0.1) is 0 Å². The lowest BCUT2D eigenvalue weighted by molar-refractivity contribution is -0.120. The molecule has 2 fully saturated rings. The maximum absolute atomic E-state index is 13.3. The highest BCUT2D eigenvalue weighted by atomic mass is 19.1. The number of nitrogens with one attached hydrogen (secondary N) is 1. The van der Waals surface area contributed by atoms with E-state index in [-0.39, 0.29) is 17.4 Å². The van der Waals surface area contributed by atoms with Crippen LogP contribution in [0.4, 0.5) is 10.2 Å². The van der Waals surface area contributed by atoms with Crippen LogP contribution in [0.15, 0.2) is 54.9 Å². The number of aromatic nitrogens is 2. The molecule has 2 amide bonds. The molecule has 3 aliphatic heterocycles. The molecule has 1 N–H and O–H groups in total. The molecule has 2 aromatic heterocycles. The quantitative estimate of drug-likeness (QED) is 0.504. The molecule has 40 heavy (non-hydrogen) atoms. The zero-order valence-corrected chi connectivity index (χ0v) is 22.4. The SMILES string of the molecule is CN1C(=O)C(NC(=O)c2cc(Oc3ccc(F)cc3)ccn2)CCc2cc(CN3CC4(CCOCC4)C3)cnc21. The van der Waals surface area contributed by atoms with Crippen LogP contribution in [0, 0.1) is 11.2 Å². The predicted octanol–water partition coefficient (Wildman–Crippen LogP) is 3.73. The van der Waals surface area contributed by atoms with E-state index < -0.39 is 11.9 Å². The van der Waals surface area contributed by atoms with Crippen LogP contribution in [0.5, 0.6) is 11.5 Å². The van der Waals surface area contributed by atoms with Gasteiger partial charge in [0.1, 0.15) is 34.9 Å². The molecule has 0 saturated carbocycles. The summed E-state index contributed by atoms with van der Waals surface area (Å²) in [6, 6.07) is 10.1. The smallest absolute Gasteiger partial charge is 0.270 e. The molecule has 3 aromatic rings. The summed E-state index contributed by atoms with van der Waals surface area (Å²) >= 11 is 0. The first-order chi connectivity index (χ1) is 19.4. The van der Waals surface area contributed by atoms with Gasteiger partial charge in [-0.1, -0.05) is 0 Å². The first-order valence-electron chi connectivity index (χ1n) is 13.6. The number of anilines is 1. The number of carbonyl (C=O) groups excluding carboxylic acids is 2. The summed E-state index contributed by atoms with van der Waals surface area (Å²) in [7, 11) is 1.69. The van der Waals surface area contributed by atoms with E-state index in [0.29, 0.717) is 35.6 Å². The van der Waals surface area contributed by atoms with E-state index >= 15 is 0 Å². The highest BCUT2D eigenvalue weighted by molar-refractivity contribution is 6.02. The van der Waals surface area contributed by atoms with Crippen LogP contribution in [-0.2, 0) is 22.5 Å². The molecule has 5 heterocycles. The van der Waals surface area contributed by atoms with Gasteiger partial charge in [0.2, 0.25) is 5.91 Å². The van der Waals surface area contributed by atoms with Gasteiger partial charge >= 0.3 is 0 Å². The van der Waals surface area contributed by atoms with Crippen LogP contribution in [-0.4, -0.2) is 66.1 Å². The molecule has 0 aliphatic carbocycles. The molecule has 3 aliphatic rings. The van der Waals surface area contributed by atoms with Gasteiger partial charge in [-0.05, 0) is 73.2 Å². The van der Waals surface area contributed by atoms with Crippen LogP contribution in [0.25, 0.3) is 0 Å². The number of ether oxygens (including phenoxy) is 2. The third kappa shape index (κ3) is 5.55. The van der Waals surface area contributed by atoms with Gasteiger partial charge in [0.25, 0.3) is 5.91 Å². The third-order valence-corrected chi connectivity index (χ3v) is 8.04. The highest BCUT2D eigenvalue weighted by Crippen LogP contribution is 2.40. The van der Waals surface area contributed by atoms with Crippen molar-refractivity contribution in [2.45, 2.75) is 38.3 Å². The second-order valence-corrected chi connectivity index (χ2v) is 11.0. The fourth-order valence-electron chi connectivity index (χ4n) is 5.88. The molecule has 0 radical (unpaired) electrons. The Hall–Kier alpha value is -3.89. The van der Waals surface area contributed by atoms with Crippen LogP contribution in [0.2, 0.25) is 0 Å². The Morgan fingerprint density at radius 2 is 1.90 bits per heavy atom. The molecule has 0 bridgehead atoms. The summed E-state index contributed by atoms with van der Waals surface area (Å²) in [5, 5.41) is 2.84. The van der Waals surface area contributed by atoms with Crippen molar-refractivity contribution in [2.75, 3.05) is 38.3 Å². The molecule has 9 nitrogen and oxygen atoms in total. The summed E-state index contributed by atoms with van der Waals surface area (Å²) in [6.45, 7) is 4.73. The standard InChI is InChI=1S/C30H32FN5O4/c1-35-27-21(14-20(16-33-27)17-36-18-30(19-36)9-12-39-13-10-30)2-7-25(29(35)38)34-28(37)26-15-24(8-11-32-26)40-23-5-3-22(31)4-6-23/h3-6,8,11,14-16,25H,2,7,9-10,12-13,17-19H2,1H3,(H,34,37). The van der Waals surface area contributed by atoms with Gasteiger partial charge in [0, 0.05) is 63.8 Å². The molecule has 208 valence electrons. The monoisotopic (exact) mass is 545 g/mol. The topological polar surface area (TPSA) is 96.9 Å². The molecule has 1 unspecified atom stereocenters. The molecular weight excluding hydrogens is 513 g/mol. The maximum Gasteiger partial charge on any atom is 0.270 e. The van der Waals surface area contributed by atoms with Crippen LogP contribution in [0.3, 0.4) is 0 Å². The van der Waals surface area contributed by atoms with Crippen LogP contribution >= 0.6 is 0 Å². The largest absolute Gasteiger partial charge is 0.457 e. The number of nitrogens with zero attached hydrogens (tertiary/aromatic N) is 4. The summed E-state index contributed by atoms with van der Waals surface area (Å²) < 4.78 is 24.4. The first-order valence-corrected chi connectivity index (χ1v) is 13.6. The lowest BCUT2D eigenvalue weighted by Gasteiger charge is -2.52. The summed E-state index contributed by atoms with van der Waals surface area (Å²) in [5.74, 6) is 0.369. The number of pyridine rings is 2. The van der Waals surface area contributed by atoms with Gasteiger partial charge in [-0.3, -0.25) is 24.4 Å². The van der Waals surface area contributed by atoms with E-state index in [1.54, 1.807) is 13.1 Å². The fraction of sp³-hybridized carbons (Fsp3) is 0.400. The molecule has 1 atom stereocenters. The molecule has 2 saturated heterocycles. The fourth-order valence-corrected chi connectivity index (χ4v) is 5.88. The molecule has 10 heteroatoms. The highest BCUT2D eigenvalue weighted by Gasteiger charge is 2.43. The van der Waals surface area contributed by atoms with Gasteiger partial charge < -0.3 is 14.8 Å². The number of amides is 2. The van der Waals surface area contributed by atoms with Crippen molar-refractivity contribution >= 4 is 17.6 Å². The van der Waals surface area contributed by atoms with Crippen molar-refractivity contribution in [3.8, 4) is 11.5 Å². The Balaban J connectivity index is 1.09. The lowest BCUT2D eigenvalue weighted by atomic mass is 9.73. The van der Waals surface area contributed by atoms with Gasteiger partial charge in [-0.25, -0.2) is 9.37 Å². The van der Waals surface area contributed by atoms with Crippen molar-refractivity contribution in [3.05, 3.63) is 77.5 Å². The average Bonchev–Trinajstić information content (AvgIpc) is 3.06. The Labute approximate surface area is 232 Å². The number of hydrogen-bond donors (Lipinski definition) is 1. The van der Waals surface area contributed by atoms with Crippen molar-refractivity contribution in [1.29, 1.82) is 0 Å². The maximum atomic E-state index is 13.3.